The number of hydrogen-bond donors (Lipinski definition) is 0. The number of hydrogen-bond acceptors (Lipinski definition) is 6. The summed E-state index contributed by atoms with van der Waals surface area (Å²) in [5.41, 5.74) is 1.82. The Bertz CT molecular complexity index is 1050. The van der Waals surface area contributed by atoms with E-state index in [1.165, 1.54) is 11.3 Å². The van der Waals surface area contributed by atoms with E-state index in [0.29, 0.717) is 23.8 Å². The first-order valence-corrected chi connectivity index (χ1v) is 9.43. The molecule has 0 bridgehead atoms. The highest BCUT2D eigenvalue weighted by molar-refractivity contribution is 7.20. The molecule has 1 amide bonds. The molecule has 4 aromatic heterocycles. The zero-order chi connectivity index (χ0) is 19.0. The summed E-state index contributed by atoms with van der Waals surface area (Å²) in [5.74, 6) is 2.09. The van der Waals surface area contributed by atoms with Gasteiger partial charge in [0.15, 0.2) is 0 Å². The van der Waals surface area contributed by atoms with Crippen molar-refractivity contribution in [1.82, 2.24) is 14.9 Å². The summed E-state index contributed by atoms with van der Waals surface area (Å²) in [6, 6.07) is 7.35. The van der Waals surface area contributed by atoms with Crippen LogP contribution in [0.5, 0.6) is 0 Å². The smallest absolute Gasteiger partial charge is 0.265 e. The first-order valence-electron chi connectivity index (χ1n) is 8.61. The third-order valence-electron chi connectivity index (χ3n) is 4.42. The van der Waals surface area contributed by atoms with E-state index in [4.69, 9.17) is 8.83 Å². The summed E-state index contributed by atoms with van der Waals surface area (Å²) < 4.78 is 10.9. The van der Waals surface area contributed by atoms with Gasteiger partial charge in [0.05, 0.1) is 30.5 Å². The highest BCUT2D eigenvalue weighted by atomic mass is 32.1. The van der Waals surface area contributed by atoms with Crippen LogP contribution in [0.3, 0.4) is 0 Å². The van der Waals surface area contributed by atoms with E-state index in [2.05, 4.69) is 9.97 Å². The van der Waals surface area contributed by atoms with Gasteiger partial charge >= 0.3 is 0 Å². The standard InChI is InChI=1S/C20H19N3O3S/c1-12-17-13(2)21-14(3)22-19(17)27-18(12)20(24)23(10-15-6-4-8-25-15)11-16-7-5-9-26-16/h4-9H,10-11H2,1-3H3. The van der Waals surface area contributed by atoms with E-state index in [1.807, 2.05) is 45.0 Å². The van der Waals surface area contributed by atoms with Crippen LogP contribution in [0.4, 0.5) is 0 Å². The average molecular weight is 381 g/mol. The highest BCUT2D eigenvalue weighted by Crippen LogP contribution is 2.32. The number of furan rings is 2. The quantitative estimate of drug-likeness (QED) is 0.503. The Hall–Kier alpha value is -2.93. The van der Waals surface area contributed by atoms with Crippen molar-refractivity contribution in [2.24, 2.45) is 0 Å². The molecule has 0 atom stereocenters. The zero-order valence-corrected chi connectivity index (χ0v) is 16.2. The molecule has 0 spiro atoms. The van der Waals surface area contributed by atoms with Crippen LogP contribution in [-0.4, -0.2) is 20.8 Å². The fourth-order valence-electron chi connectivity index (χ4n) is 3.20. The molecule has 4 rings (SSSR count). The van der Waals surface area contributed by atoms with Crippen LogP contribution in [0.1, 0.15) is 38.3 Å². The summed E-state index contributed by atoms with van der Waals surface area (Å²) in [5, 5.41) is 0.963. The van der Waals surface area contributed by atoms with Crippen molar-refractivity contribution >= 4 is 27.5 Å². The summed E-state index contributed by atoms with van der Waals surface area (Å²) in [6.07, 6.45) is 3.22. The molecular formula is C20H19N3O3S. The molecule has 0 saturated carbocycles. The number of carbonyl (C=O) groups excluding carboxylic acids is 1. The zero-order valence-electron chi connectivity index (χ0n) is 15.4. The van der Waals surface area contributed by atoms with E-state index in [-0.39, 0.29) is 5.91 Å². The fraction of sp³-hybridized carbons (Fsp3) is 0.250. The Morgan fingerprint density at radius 1 is 1.04 bits per heavy atom. The van der Waals surface area contributed by atoms with Crippen LogP contribution in [-0.2, 0) is 13.1 Å². The lowest BCUT2D eigenvalue weighted by Crippen LogP contribution is -2.29. The average Bonchev–Trinajstić information content (AvgIpc) is 3.36. The Labute approximate surface area is 160 Å². The lowest BCUT2D eigenvalue weighted by atomic mass is 10.1. The minimum absolute atomic E-state index is 0.0691. The Morgan fingerprint density at radius 2 is 1.67 bits per heavy atom. The van der Waals surface area contributed by atoms with Crippen molar-refractivity contribution in [1.29, 1.82) is 0 Å². The third kappa shape index (κ3) is 3.38. The summed E-state index contributed by atoms with van der Waals surface area (Å²) in [4.78, 5) is 25.6. The van der Waals surface area contributed by atoms with Crippen LogP contribution in [0.2, 0.25) is 0 Å². The highest BCUT2D eigenvalue weighted by Gasteiger charge is 2.25. The topological polar surface area (TPSA) is 72.4 Å². The van der Waals surface area contributed by atoms with Gasteiger partial charge in [-0.25, -0.2) is 9.97 Å². The molecule has 0 aromatic carbocycles. The molecule has 6 nitrogen and oxygen atoms in total. The van der Waals surface area contributed by atoms with Crippen molar-refractivity contribution in [2.75, 3.05) is 0 Å². The van der Waals surface area contributed by atoms with E-state index < -0.39 is 0 Å². The van der Waals surface area contributed by atoms with Crippen molar-refractivity contribution in [3.8, 4) is 0 Å². The molecule has 0 radical (unpaired) electrons. The molecule has 0 N–H and O–H groups in total. The van der Waals surface area contributed by atoms with Crippen LogP contribution < -0.4 is 0 Å². The molecule has 0 fully saturated rings. The predicted molar refractivity (Wildman–Crippen MR) is 103 cm³/mol. The molecule has 0 saturated heterocycles. The number of aromatic nitrogens is 2. The normalized spacial score (nSPS) is 11.2. The van der Waals surface area contributed by atoms with E-state index in [1.54, 1.807) is 17.4 Å². The van der Waals surface area contributed by atoms with Crippen LogP contribution >= 0.6 is 11.3 Å². The molecule has 4 aromatic rings. The van der Waals surface area contributed by atoms with Crippen molar-refractivity contribution in [2.45, 2.75) is 33.9 Å². The van der Waals surface area contributed by atoms with Gasteiger partial charge in [0.2, 0.25) is 0 Å². The Balaban J connectivity index is 1.73. The predicted octanol–water partition coefficient (Wildman–Crippen LogP) is 4.65. The third-order valence-corrected chi connectivity index (χ3v) is 5.59. The monoisotopic (exact) mass is 381 g/mol. The van der Waals surface area contributed by atoms with E-state index in [9.17, 15) is 4.79 Å². The minimum Gasteiger partial charge on any atom is -0.467 e. The van der Waals surface area contributed by atoms with Gasteiger partial charge in [-0.1, -0.05) is 0 Å². The maximum Gasteiger partial charge on any atom is 0.265 e. The van der Waals surface area contributed by atoms with Crippen molar-refractivity contribution in [3.05, 3.63) is 70.3 Å². The van der Waals surface area contributed by atoms with Gasteiger partial charge in [-0.2, -0.15) is 0 Å². The second-order valence-corrected chi connectivity index (χ2v) is 7.41. The maximum atomic E-state index is 13.4. The van der Waals surface area contributed by atoms with Gasteiger partial charge in [-0.15, -0.1) is 11.3 Å². The molecule has 27 heavy (non-hydrogen) atoms. The second-order valence-electron chi connectivity index (χ2n) is 6.41. The van der Waals surface area contributed by atoms with Crippen LogP contribution in [0, 0.1) is 20.8 Å². The van der Waals surface area contributed by atoms with E-state index in [0.717, 1.165) is 33.0 Å². The first-order chi connectivity index (χ1) is 13.0. The number of fused-ring (bicyclic) bond motifs is 1. The molecule has 0 aliphatic carbocycles. The first kappa shape index (κ1) is 17.5. The molecule has 138 valence electrons. The number of amides is 1. The van der Waals surface area contributed by atoms with Gasteiger partial charge in [-0.3, -0.25) is 4.79 Å². The molecule has 4 heterocycles. The second kappa shape index (κ2) is 7.00. The van der Waals surface area contributed by atoms with Gasteiger partial charge < -0.3 is 13.7 Å². The minimum atomic E-state index is -0.0691. The lowest BCUT2D eigenvalue weighted by Gasteiger charge is -2.20. The summed E-state index contributed by atoms with van der Waals surface area (Å²) in [6.45, 7) is 6.50. The number of carbonyl (C=O) groups is 1. The largest absolute Gasteiger partial charge is 0.467 e. The number of thiophene rings is 1. The molecule has 0 aliphatic heterocycles. The number of nitrogens with zero attached hydrogens (tertiary/aromatic N) is 3. The molecule has 7 heteroatoms. The number of aryl methyl sites for hydroxylation is 3. The van der Waals surface area contributed by atoms with Gasteiger partial charge in [0.25, 0.3) is 5.91 Å². The number of rotatable bonds is 5. The Kier molecular flexibility index (Phi) is 4.53. The fourth-order valence-corrected chi connectivity index (χ4v) is 4.45. The maximum absolute atomic E-state index is 13.4. The Morgan fingerprint density at radius 3 is 2.22 bits per heavy atom. The SMILES string of the molecule is Cc1nc(C)c2c(C)c(C(=O)N(Cc3ccco3)Cc3ccco3)sc2n1. The van der Waals surface area contributed by atoms with Crippen LogP contribution in [0.25, 0.3) is 10.2 Å². The van der Waals surface area contributed by atoms with E-state index >= 15 is 0 Å². The van der Waals surface area contributed by atoms with Gasteiger partial charge in [-0.05, 0) is 50.6 Å². The summed E-state index contributed by atoms with van der Waals surface area (Å²) >= 11 is 1.41. The van der Waals surface area contributed by atoms with Gasteiger partial charge in [0.1, 0.15) is 22.2 Å². The molecule has 0 aliphatic rings. The van der Waals surface area contributed by atoms with Gasteiger partial charge in [0, 0.05) is 11.1 Å². The van der Waals surface area contributed by atoms with Crippen molar-refractivity contribution < 1.29 is 13.6 Å². The van der Waals surface area contributed by atoms with Crippen molar-refractivity contribution in [3.63, 3.8) is 0 Å². The summed E-state index contributed by atoms with van der Waals surface area (Å²) in [7, 11) is 0. The van der Waals surface area contributed by atoms with Crippen LogP contribution in [0.15, 0.2) is 45.6 Å². The molecule has 0 unspecified atom stereocenters. The lowest BCUT2D eigenvalue weighted by molar-refractivity contribution is 0.0709. The molecular weight excluding hydrogens is 362 g/mol.